The zero-order valence-electron chi connectivity index (χ0n) is 13.1. The maximum Gasteiger partial charge on any atom is 0.121 e. The first kappa shape index (κ1) is 17.2. The largest absolute Gasteiger partial charge is 0.507 e. The minimum Gasteiger partial charge on any atom is -0.507 e. The summed E-state index contributed by atoms with van der Waals surface area (Å²) in [6.45, 7) is 6.00. The van der Waals surface area contributed by atoms with E-state index in [1.165, 1.54) is 32.1 Å². The predicted molar refractivity (Wildman–Crippen MR) is 87.7 cm³/mol. The van der Waals surface area contributed by atoms with Gasteiger partial charge in [-0.15, -0.1) is 0 Å². The van der Waals surface area contributed by atoms with Gasteiger partial charge in [0.15, 0.2) is 0 Å². The number of hydrogen-bond donors (Lipinski definition) is 1. The molecule has 2 nitrogen and oxygen atoms in total. The zero-order chi connectivity index (χ0) is 15.0. The molecule has 0 saturated heterocycles. The van der Waals surface area contributed by atoms with E-state index in [2.05, 4.69) is 6.92 Å². The van der Waals surface area contributed by atoms with Gasteiger partial charge >= 0.3 is 0 Å². The van der Waals surface area contributed by atoms with Crippen molar-refractivity contribution in [1.82, 2.24) is 0 Å². The number of aryl methyl sites for hydroxylation is 2. The van der Waals surface area contributed by atoms with Gasteiger partial charge in [-0.25, -0.2) is 0 Å². The summed E-state index contributed by atoms with van der Waals surface area (Å²) >= 11 is 0. The molecule has 1 N–H and O–H groups in total. The lowest BCUT2D eigenvalue weighted by Gasteiger charge is -2.08. The molecular weight excluding hydrogens is 268 g/mol. The Balaban J connectivity index is 2.32. The lowest BCUT2D eigenvalue weighted by Crippen LogP contribution is -2.02. The highest BCUT2D eigenvalue weighted by atomic mass is 32.2. The smallest absolute Gasteiger partial charge is 0.121 e. The summed E-state index contributed by atoms with van der Waals surface area (Å²) in [6.07, 6.45) is 7.41. The molecule has 0 aliphatic rings. The number of phenols is 1. The fraction of sp³-hybridized carbons (Fsp3) is 0.647. The van der Waals surface area contributed by atoms with Crippen molar-refractivity contribution in [2.24, 2.45) is 0 Å². The number of aromatic hydroxyl groups is 1. The maximum absolute atomic E-state index is 12.1. The van der Waals surface area contributed by atoms with Crippen LogP contribution in [0.2, 0.25) is 0 Å². The van der Waals surface area contributed by atoms with E-state index in [0.29, 0.717) is 11.5 Å². The number of unbranched alkanes of at least 4 members (excludes halogenated alkanes) is 5. The topological polar surface area (TPSA) is 37.3 Å². The van der Waals surface area contributed by atoms with E-state index in [1.54, 1.807) is 0 Å². The summed E-state index contributed by atoms with van der Waals surface area (Å²) in [5.41, 5.74) is 2.82. The number of hydrogen-bond acceptors (Lipinski definition) is 2. The third kappa shape index (κ3) is 6.08. The normalized spacial score (nSPS) is 12.6. The maximum atomic E-state index is 12.1. The second-order valence-electron chi connectivity index (χ2n) is 5.63. The van der Waals surface area contributed by atoms with Crippen molar-refractivity contribution < 1.29 is 9.32 Å². The van der Waals surface area contributed by atoms with Crippen molar-refractivity contribution in [3.05, 3.63) is 28.8 Å². The minimum absolute atomic E-state index is 0.357. The predicted octanol–water partition coefficient (Wildman–Crippen LogP) is 4.62. The van der Waals surface area contributed by atoms with Gasteiger partial charge in [-0.1, -0.05) is 51.2 Å². The summed E-state index contributed by atoms with van der Waals surface area (Å²) in [6, 6.07) is 3.89. The fourth-order valence-electron chi connectivity index (χ4n) is 2.43. The van der Waals surface area contributed by atoms with E-state index >= 15 is 0 Å². The highest BCUT2D eigenvalue weighted by Gasteiger charge is 2.06. The van der Waals surface area contributed by atoms with E-state index in [4.69, 9.17) is 0 Å². The SMILES string of the molecule is CCCCCCCCS(=O)Cc1cc(C)c(O)c(C)c1. The number of rotatable bonds is 9. The van der Waals surface area contributed by atoms with E-state index in [-0.39, 0.29) is 0 Å². The molecule has 0 heterocycles. The Morgan fingerprint density at radius 2 is 1.55 bits per heavy atom. The highest BCUT2D eigenvalue weighted by Crippen LogP contribution is 2.23. The number of phenolic OH excluding ortho intramolecular Hbond substituents is 1. The van der Waals surface area contributed by atoms with Crippen LogP contribution in [0.4, 0.5) is 0 Å². The molecule has 3 heteroatoms. The van der Waals surface area contributed by atoms with E-state index < -0.39 is 10.8 Å². The van der Waals surface area contributed by atoms with Gasteiger partial charge in [-0.3, -0.25) is 4.21 Å². The van der Waals surface area contributed by atoms with Crippen molar-refractivity contribution in [2.45, 2.75) is 65.0 Å². The van der Waals surface area contributed by atoms with Gasteiger partial charge in [-0.2, -0.15) is 0 Å². The van der Waals surface area contributed by atoms with Crippen molar-refractivity contribution in [1.29, 1.82) is 0 Å². The molecule has 1 unspecified atom stereocenters. The summed E-state index contributed by atoms with van der Waals surface area (Å²) in [5, 5.41) is 9.73. The molecule has 1 aromatic rings. The molecule has 20 heavy (non-hydrogen) atoms. The summed E-state index contributed by atoms with van der Waals surface area (Å²) in [4.78, 5) is 0. The molecule has 0 spiro atoms. The molecule has 1 aromatic carbocycles. The average molecular weight is 296 g/mol. The summed E-state index contributed by atoms with van der Waals surface area (Å²) in [7, 11) is -0.783. The van der Waals surface area contributed by atoms with Gasteiger partial charge < -0.3 is 5.11 Å². The molecule has 0 aromatic heterocycles. The molecule has 114 valence electrons. The van der Waals surface area contributed by atoms with Crippen LogP contribution in [0.1, 0.15) is 62.1 Å². The average Bonchev–Trinajstić information content (AvgIpc) is 2.40. The van der Waals surface area contributed by atoms with Crippen LogP contribution in [-0.2, 0) is 16.6 Å². The summed E-state index contributed by atoms with van der Waals surface area (Å²) in [5.74, 6) is 1.76. The molecule has 1 atom stereocenters. The van der Waals surface area contributed by atoms with Crippen LogP contribution in [0, 0.1) is 13.8 Å². The van der Waals surface area contributed by atoms with Crippen LogP contribution < -0.4 is 0 Å². The standard InChI is InChI=1S/C17H28O2S/c1-4-5-6-7-8-9-10-20(19)13-16-11-14(2)17(18)15(3)12-16/h11-12,18H,4-10,13H2,1-3H3. The molecule has 0 saturated carbocycles. The van der Waals surface area contributed by atoms with E-state index in [9.17, 15) is 9.32 Å². The first-order chi connectivity index (χ1) is 9.54. The Bertz CT molecular complexity index is 418. The Morgan fingerprint density at radius 1 is 1.00 bits per heavy atom. The Kier molecular flexibility index (Phi) is 7.90. The van der Waals surface area contributed by atoms with Crippen molar-refractivity contribution >= 4 is 10.8 Å². The third-order valence-corrected chi connectivity index (χ3v) is 5.00. The zero-order valence-corrected chi connectivity index (χ0v) is 13.9. The fourth-order valence-corrected chi connectivity index (χ4v) is 3.64. The van der Waals surface area contributed by atoms with Crippen molar-refractivity contribution in [2.75, 3.05) is 5.75 Å². The van der Waals surface area contributed by atoms with Gasteiger partial charge in [0.05, 0.1) is 0 Å². The van der Waals surface area contributed by atoms with Gasteiger partial charge in [0.25, 0.3) is 0 Å². The minimum atomic E-state index is -0.783. The summed E-state index contributed by atoms with van der Waals surface area (Å²) < 4.78 is 12.1. The van der Waals surface area contributed by atoms with Crippen molar-refractivity contribution in [3.63, 3.8) is 0 Å². The molecule has 0 amide bonds. The van der Waals surface area contributed by atoms with Crippen LogP contribution in [-0.4, -0.2) is 15.1 Å². The lowest BCUT2D eigenvalue weighted by atomic mass is 10.1. The van der Waals surface area contributed by atoms with Gasteiger partial charge in [0, 0.05) is 22.3 Å². The van der Waals surface area contributed by atoms with E-state index in [1.807, 2.05) is 26.0 Å². The van der Waals surface area contributed by atoms with Crippen molar-refractivity contribution in [3.8, 4) is 5.75 Å². The van der Waals surface area contributed by atoms with Crippen LogP contribution in [0.3, 0.4) is 0 Å². The second kappa shape index (κ2) is 9.17. The molecule has 0 aliphatic heterocycles. The molecule has 0 radical (unpaired) electrons. The quantitative estimate of drug-likeness (QED) is 0.675. The first-order valence-corrected chi connectivity index (χ1v) is 9.17. The Morgan fingerprint density at radius 3 is 2.15 bits per heavy atom. The van der Waals surface area contributed by atoms with Crippen LogP contribution in [0.15, 0.2) is 12.1 Å². The molecule has 0 fully saturated rings. The first-order valence-electron chi connectivity index (χ1n) is 7.68. The third-order valence-electron chi connectivity index (χ3n) is 3.60. The molecule has 1 rings (SSSR count). The van der Waals surface area contributed by atoms with E-state index in [0.717, 1.165) is 28.9 Å². The molecule has 0 aliphatic carbocycles. The van der Waals surface area contributed by atoms with Crippen LogP contribution in [0.25, 0.3) is 0 Å². The second-order valence-corrected chi connectivity index (χ2v) is 7.21. The van der Waals surface area contributed by atoms with Gasteiger partial charge in [0.1, 0.15) is 5.75 Å². The Labute approximate surface area is 126 Å². The van der Waals surface area contributed by atoms with Gasteiger partial charge in [0.2, 0.25) is 0 Å². The van der Waals surface area contributed by atoms with Gasteiger partial charge in [-0.05, 0) is 37.0 Å². The molecular formula is C17H28O2S. The monoisotopic (exact) mass is 296 g/mol. The van der Waals surface area contributed by atoms with Crippen LogP contribution >= 0.6 is 0 Å². The Hall–Kier alpha value is -0.830. The highest BCUT2D eigenvalue weighted by molar-refractivity contribution is 7.84. The molecule has 0 bridgehead atoms. The lowest BCUT2D eigenvalue weighted by molar-refractivity contribution is 0.466. The van der Waals surface area contributed by atoms with Crippen LogP contribution in [0.5, 0.6) is 5.75 Å². The number of benzene rings is 1.